The van der Waals surface area contributed by atoms with E-state index >= 15 is 0 Å². The summed E-state index contributed by atoms with van der Waals surface area (Å²) in [6.07, 6.45) is 1.52. The first-order valence-corrected chi connectivity index (χ1v) is 6.47. The number of aliphatic hydroxyl groups is 2. The molecule has 96 valence electrons. The molecule has 0 aliphatic heterocycles. The summed E-state index contributed by atoms with van der Waals surface area (Å²) in [5.41, 5.74) is 0. The number of rotatable bonds is 5. The molecule has 1 aliphatic carbocycles. The zero-order valence-corrected chi connectivity index (χ0v) is 11.0. The van der Waals surface area contributed by atoms with Gasteiger partial charge in [-0.15, -0.1) is 0 Å². The highest BCUT2D eigenvalue weighted by Crippen LogP contribution is 2.37. The molecule has 0 bridgehead atoms. The third-order valence-corrected chi connectivity index (χ3v) is 4.38. The summed E-state index contributed by atoms with van der Waals surface area (Å²) in [7, 11) is 1.90. The quantitative estimate of drug-likeness (QED) is 0.665. The van der Waals surface area contributed by atoms with Gasteiger partial charge in [0, 0.05) is 12.6 Å². The van der Waals surface area contributed by atoms with Crippen molar-refractivity contribution in [1.29, 1.82) is 0 Å². The molecular weight excluding hydrogens is 202 g/mol. The maximum atomic E-state index is 9.94. The van der Waals surface area contributed by atoms with Crippen molar-refractivity contribution in [3.05, 3.63) is 0 Å². The molecule has 3 N–H and O–H groups in total. The Hall–Kier alpha value is -0.120. The van der Waals surface area contributed by atoms with E-state index in [1.54, 1.807) is 0 Å². The Morgan fingerprint density at radius 2 is 1.94 bits per heavy atom. The molecule has 1 fully saturated rings. The normalized spacial score (nSPS) is 36.9. The predicted molar refractivity (Wildman–Crippen MR) is 66.2 cm³/mol. The van der Waals surface area contributed by atoms with E-state index in [1.165, 1.54) is 0 Å². The highest BCUT2D eigenvalue weighted by atomic mass is 16.3. The van der Waals surface area contributed by atoms with Crippen LogP contribution in [-0.4, -0.2) is 36.0 Å². The van der Waals surface area contributed by atoms with Gasteiger partial charge in [-0.3, -0.25) is 0 Å². The monoisotopic (exact) mass is 229 g/mol. The van der Waals surface area contributed by atoms with Gasteiger partial charge in [0.25, 0.3) is 0 Å². The molecule has 0 aromatic heterocycles. The third-order valence-electron chi connectivity index (χ3n) is 4.38. The highest BCUT2D eigenvalue weighted by Gasteiger charge is 2.41. The van der Waals surface area contributed by atoms with Crippen molar-refractivity contribution in [1.82, 2.24) is 5.32 Å². The lowest BCUT2D eigenvalue weighted by Crippen LogP contribution is -2.39. The van der Waals surface area contributed by atoms with E-state index in [4.69, 9.17) is 0 Å². The molecule has 0 aromatic rings. The van der Waals surface area contributed by atoms with E-state index in [0.717, 1.165) is 12.8 Å². The summed E-state index contributed by atoms with van der Waals surface area (Å²) < 4.78 is 0. The largest absolute Gasteiger partial charge is 0.396 e. The summed E-state index contributed by atoms with van der Waals surface area (Å²) in [5, 5.41) is 22.5. The Labute approximate surface area is 99.3 Å². The standard InChI is InChI=1S/C13H27NO2/c1-8(2)9(3)5-11-10(7-15)6-12(16)13(11)14-4/h8-16H,5-7H2,1-4H3. The van der Waals surface area contributed by atoms with Gasteiger partial charge < -0.3 is 15.5 Å². The van der Waals surface area contributed by atoms with E-state index in [1.807, 2.05) is 7.05 Å². The first kappa shape index (κ1) is 13.9. The molecule has 0 saturated heterocycles. The second kappa shape index (κ2) is 5.99. The molecule has 0 radical (unpaired) electrons. The topological polar surface area (TPSA) is 52.5 Å². The molecule has 3 nitrogen and oxygen atoms in total. The SMILES string of the molecule is CNC1C(O)CC(CO)C1CC(C)C(C)C. The van der Waals surface area contributed by atoms with Gasteiger partial charge in [0.2, 0.25) is 0 Å². The van der Waals surface area contributed by atoms with Crippen molar-refractivity contribution in [2.24, 2.45) is 23.7 Å². The van der Waals surface area contributed by atoms with Crippen LogP contribution in [0.15, 0.2) is 0 Å². The maximum Gasteiger partial charge on any atom is 0.0699 e. The Kier molecular flexibility index (Phi) is 5.22. The maximum absolute atomic E-state index is 9.94. The van der Waals surface area contributed by atoms with Crippen LogP contribution in [0.5, 0.6) is 0 Å². The van der Waals surface area contributed by atoms with Crippen LogP contribution in [0, 0.1) is 23.7 Å². The molecule has 5 unspecified atom stereocenters. The summed E-state index contributed by atoms with van der Waals surface area (Å²) >= 11 is 0. The summed E-state index contributed by atoms with van der Waals surface area (Å²) in [6, 6.07) is 0.151. The fourth-order valence-corrected chi connectivity index (χ4v) is 2.87. The van der Waals surface area contributed by atoms with Crippen molar-refractivity contribution >= 4 is 0 Å². The van der Waals surface area contributed by atoms with Gasteiger partial charge in [-0.1, -0.05) is 20.8 Å². The molecule has 1 rings (SSSR count). The van der Waals surface area contributed by atoms with Crippen molar-refractivity contribution < 1.29 is 10.2 Å². The minimum Gasteiger partial charge on any atom is -0.396 e. The first-order valence-electron chi connectivity index (χ1n) is 6.47. The Balaban J connectivity index is 2.65. The summed E-state index contributed by atoms with van der Waals surface area (Å²) in [6.45, 7) is 6.93. The second-order valence-corrected chi connectivity index (χ2v) is 5.68. The fraction of sp³-hybridized carbons (Fsp3) is 1.00. The minimum absolute atomic E-state index is 0.151. The summed E-state index contributed by atoms with van der Waals surface area (Å²) in [5.74, 6) is 1.96. The molecule has 1 saturated carbocycles. The molecule has 1 aliphatic rings. The van der Waals surface area contributed by atoms with Gasteiger partial charge in [-0.05, 0) is 43.6 Å². The van der Waals surface area contributed by atoms with Gasteiger partial charge in [0.15, 0.2) is 0 Å². The van der Waals surface area contributed by atoms with Crippen LogP contribution in [0.1, 0.15) is 33.6 Å². The van der Waals surface area contributed by atoms with Crippen LogP contribution < -0.4 is 5.32 Å². The van der Waals surface area contributed by atoms with Gasteiger partial charge in [-0.25, -0.2) is 0 Å². The lowest BCUT2D eigenvalue weighted by atomic mass is 9.81. The van der Waals surface area contributed by atoms with Crippen molar-refractivity contribution in [3.8, 4) is 0 Å². The van der Waals surface area contributed by atoms with Crippen LogP contribution in [0.2, 0.25) is 0 Å². The van der Waals surface area contributed by atoms with E-state index < -0.39 is 0 Å². The lowest BCUT2D eigenvalue weighted by molar-refractivity contribution is 0.135. The highest BCUT2D eigenvalue weighted by molar-refractivity contribution is 4.95. The number of aliphatic hydroxyl groups excluding tert-OH is 2. The van der Waals surface area contributed by atoms with E-state index in [9.17, 15) is 10.2 Å². The van der Waals surface area contributed by atoms with Crippen LogP contribution in [0.4, 0.5) is 0 Å². The van der Waals surface area contributed by atoms with Crippen LogP contribution in [0.25, 0.3) is 0 Å². The number of nitrogens with one attached hydrogen (secondary N) is 1. The number of hydrogen-bond acceptors (Lipinski definition) is 3. The molecule has 0 aromatic carbocycles. The van der Waals surface area contributed by atoms with E-state index in [-0.39, 0.29) is 24.7 Å². The molecule has 3 heteroatoms. The summed E-state index contributed by atoms with van der Waals surface area (Å²) in [4.78, 5) is 0. The Morgan fingerprint density at radius 3 is 2.38 bits per heavy atom. The zero-order valence-electron chi connectivity index (χ0n) is 11.0. The molecule has 0 amide bonds. The van der Waals surface area contributed by atoms with Crippen LogP contribution >= 0.6 is 0 Å². The number of hydrogen-bond donors (Lipinski definition) is 3. The molecule has 16 heavy (non-hydrogen) atoms. The molecular formula is C13H27NO2. The Bertz CT molecular complexity index is 208. The van der Waals surface area contributed by atoms with Gasteiger partial charge >= 0.3 is 0 Å². The third kappa shape index (κ3) is 2.96. The molecule has 0 heterocycles. The number of likely N-dealkylation sites (N-methyl/N-ethyl adjacent to an activating group) is 1. The van der Waals surface area contributed by atoms with Crippen LogP contribution in [0.3, 0.4) is 0 Å². The molecule has 0 spiro atoms. The van der Waals surface area contributed by atoms with Gasteiger partial charge in [0.1, 0.15) is 0 Å². The van der Waals surface area contributed by atoms with E-state index in [2.05, 4.69) is 26.1 Å². The fourth-order valence-electron chi connectivity index (χ4n) is 2.87. The molecule has 5 atom stereocenters. The van der Waals surface area contributed by atoms with Crippen molar-refractivity contribution in [3.63, 3.8) is 0 Å². The van der Waals surface area contributed by atoms with Crippen LogP contribution in [-0.2, 0) is 0 Å². The average Bonchev–Trinajstić information content (AvgIpc) is 2.54. The van der Waals surface area contributed by atoms with Gasteiger partial charge in [0.05, 0.1) is 6.10 Å². The van der Waals surface area contributed by atoms with Gasteiger partial charge in [-0.2, -0.15) is 0 Å². The minimum atomic E-state index is -0.300. The average molecular weight is 229 g/mol. The Morgan fingerprint density at radius 1 is 1.31 bits per heavy atom. The van der Waals surface area contributed by atoms with Crippen molar-refractivity contribution in [2.45, 2.75) is 45.8 Å². The predicted octanol–water partition coefficient (Wildman–Crippen LogP) is 1.25. The van der Waals surface area contributed by atoms with Crippen molar-refractivity contribution in [2.75, 3.05) is 13.7 Å². The zero-order chi connectivity index (χ0) is 12.3. The van der Waals surface area contributed by atoms with E-state index in [0.29, 0.717) is 17.8 Å². The second-order valence-electron chi connectivity index (χ2n) is 5.68. The first-order chi connectivity index (χ1) is 7.51. The lowest BCUT2D eigenvalue weighted by Gasteiger charge is -2.28. The smallest absolute Gasteiger partial charge is 0.0699 e.